The second-order valence-corrected chi connectivity index (χ2v) is 3.40. The van der Waals surface area contributed by atoms with E-state index in [4.69, 9.17) is 0 Å². The lowest BCUT2D eigenvalue weighted by molar-refractivity contribution is -0.289. The van der Waals surface area contributed by atoms with Crippen molar-refractivity contribution in [1.29, 1.82) is 0 Å². The molecule has 17 heavy (non-hydrogen) atoms. The van der Waals surface area contributed by atoms with Gasteiger partial charge in [-0.25, -0.2) is 4.79 Å². The second-order valence-electron chi connectivity index (χ2n) is 3.40. The first-order valence-corrected chi connectivity index (χ1v) is 4.81. The van der Waals surface area contributed by atoms with Gasteiger partial charge in [-0.05, 0) is 18.1 Å². The van der Waals surface area contributed by atoms with E-state index in [2.05, 4.69) is 4.74 Å². The van der Waals surface area contributed by atoms with E-state index in [1.165, 1.54) is 6.20 Å². The number of halogens is 3. The van der Waals surface area contributed by atoms with E-state index >= 15 is 0 Å². The summed E-state index contributed by atoms with van der Waals surface area (Å²) in [5.74, 6) is 0. The summed E-state index contributed by atoms with van der Waals surface area (Å²) < 4.78 is 39.2. The van der Waals surface area contributed by atoms with Gasteiger partial charge in [-0.1, -0.05) is 24.3 Å². The lowest BCUT2D eigenvalue weighted by Crippen LogP contribution is -2.33. The number of hydrogen-bond acceptors (Lipinski definition) is 2. The molecule has 1 aromatic carbocycles. The van der Waals surface area contributed by atoms with Crippen molar-refractivity contribution in [2.75, 3.05) is 4.90 Å². The highest BCUT2D eigenvalue weighted by Crippen LogP contribution is 2.28. The SMILES string of the molecule is O=C(OC(F)(F)F)N1C=CCc2ccccc21. The molecule has 90 valence electrons. The molecule has 1 aliphatic heterocycles. The molecule has 0 saturated heterocycles. The number of anilines is 1. The van der Waals surface area contributed by atoms with Crippen LogP contribution in [0, 0.1) is 0 Å². The van der Waals surface area contributed by atoms with Gasteiger partial charge in [0, 0.05) is 6.20 Å². The van der Waals surface area contributed by atoms with Crippen molar-refractivity contribution in [3.05, 3.63) is 42.1 Å². The van der Waals surface area contributed by atoms with E-state index in [0.29, 0.717) is 12.1 Å². The molecule has 0 saturated carbocycles. The molecule has 0 aliphatic carbocycles. The maximum absolute atomic E-state index is 11.9. The highest BCUT2D eigenvalue weighted by atomic mass is 19.4. The zero-order chi connectivity index (χ0) is 12.5. The van der Waals surface area contributed by atoms with Crippen LogP contribution in [0.25, 0.3) is 0 Å². The zero-order valence-corrected chi connectivity index (χ0v) is 8.57. The molecule has 0 aromatic heterocycles. The predicted molar refractivity (Wildman–Crippen MR) is 54.3 cm³/mol. The van der Waals surface area contributed by atoms with Crippen LogP contribution in [-0.2, 0) is 11.2 Å². The molecule has 0 spiro atoms. The fraction of sp³-hybridized carbons (Fsp3) is 0.182. The van der Waals surface area contributed by atoms with Crippen LogP contribution in [0.4, 0.5) is 23.7 Å². The Kier molecular flexibility index (Phi) is 2.79. The number of amides is 1. The molecule has 1 aromatic rings. The summed E-state index contributed by atoms with van der Waals surface area (Å²) in [5.41, 5.74) is 1.18. The van der Waals surface area contributed by atoms with Gasteiger partial charge in [-0.2, -0.15) is 0 Å². The van der Waals surface area contributed by atoms with Gasteiger partial charge in [-0.3, -0.25) is 4.90 Å². The van der Waals surface area contributed by atoms with Crippen LogP contribution in [0.2, 0.25) is 0 Å². The number of carbonyl (C=O) groups is 1. The molecule has 6 heteroatoms. The minimum Gasteiger partial charge on any atom is -0.355 e. The van der Waals surface area contributed by atoms with E-state index in [0.717, 1.165) is 10.5 Å². The van der Waals surface area contributed by atoms with Crippen molar-refractivity contribution < 1.29 is 22.7 Å². The lowest BCUT2D eigenvalue weighted by atomic mass is 10.1. The quantitative estimate of drug-likeness (QED) is 0.700. The Morgan fingerprint density at radius 1 is 1.29 bits per heavy atom. The highest BCUT2D eigenvalue weighted by molar-refractivity contribution is 5.91. The number of allylic oxidation sites excluding steroid dienone is 1. The first-order chi connectivity index (χ1) is 7.97. The Morgan fingerprint density at radius 2 is 2.00 bits per heavy atom. The molecule has 0 atom stereocenters. The van der Waals surface area contributed by atoms with E-state index in [1.807, 2.05) is 0 Å². The van der Waals surface area contributed by atoms with Crippen LogP contribution >= 0.6 is 0 Å². The molecule has 0 unspecified atom stereocenters. The molecule has 1 heterocycles. The van der Waals surface area contributed by atoms with Crippen LogP contribution in [0.1, 0.15) is 5.56 Å². The number of carbonyl (C=O) groups excluding carboxylic acids is 1. The van der Waals surface area contributed by atoms with Gasteiger partial charge in [0.25, 0.3) is 0 Å². The molecule has 1 amide bonds. The van der Waals surface area contributed by atoms with Crippen LogP contribution in [0.3, 0.4) is 0 Å². The van der Waals surface area contributed by atoms with Crippen molar-refractivity contribution in [3.8, 4) is 0 Å². The summed E-state index contributed by atoms with van der Waals surface area (Å²) in [6, 6.07) is 6.71. The largest absolute Gasteiger partial charge is 0.576 e. The monoisotopic (exact) mass is 243 g/mol. The molecular weight excluding hydrogens is 235 g/mol. The fourth-order valence-corrected chi connectivity index (χ4v) is 1.59. The molecule has 1 aliphatic rings. The van der Waals surface area contributed by atoms with Gasteiger partial charge in [0.2, 0.25) is 0 Å². The Morgan fingerprint density at radius 3 is 2.71 bits per heavy atom. The maximum atomic E-state index is 11.9. The third kappa shape index (κ3) is 2.58. The predicted octanol–water partition coefficient (Wildman–Crippen LogP) is 3.22. The van der Waals surface area contributed by atoms with Crippen molar-refractivity contribution in [2.45, 2.75) is 12.8 Å². The Balaban J connectivity index is 2.25. The number of para-hydroxylation sites is 1. The van der Waals surface area contributed by atoms with Gasteiger partial charge in [0.05, 0.1) is 5.69 Å². The summed E-state index contributed by atoms with van der Waals surface area (Å²) in [7, 11) is 0. The highest BCUT2D eigenvalue weighted by Gasteiger charge is 2.36. The van der Waals surface area contributed by atoms with Crippen molar-refractivity contribution in [2.24, 2.45) is 0 Å². The number of hydrogen-bond donors (Lipinski definition) is 0. The summed E-state index contributed by atoms with van der Waals surface area (Å²) in [6.07, 6.45) is -2.99. The van der Waals surface area contributed by atoms with Crippen LogP contribution < -0.4 is 4.90 Å². The van der Waals surface area contributed by atoms with E-state index in [1.54, 1.807) is 30.3 Å². The lowest BCUT2D eigenvalue weighted by Gasteiger charge is -2.24. The number of fused-ring (bicyclic) bond motifs is 1. The van der Waals surface area contributed by atoms with Gasteiger partial charge in [0.15, 0.2) is 0 Å². The van der Waals surface area contributed by atoms with Crippen LogP contribution in [0.15, 0.2) is 36.5 Å². The minimum absolute atomic E-state index is 0.407. The van der Waals surface area contributed by atoms with E-state index in [-0.39, 0.29) is 0 Å². The first kappa shape index (κ1) is 11.5. The molecule has 0 bridgehead atoms. The van der Waals surface area contributed by atoms with Gasteiger partial charge >= 0.3 is 12.5 Å². The molecule has 2 rings (SSSR count). The topological polar surface area (TPSA) is 29.5 Å². The average Bonchev–Trinajstić information content (AvgIpc) is 2.26. The Labute approximate surface area is 95.1 Å². The molecule has 3 nitrogen and oxygen atoms in total. The molecular formula is C11H8F3NO2. The number of nitrogens with zero attached hydrogens (tertiary/aromatic N) is 1. The Hall–Kier alpha value is -1.98. The summed E-state index contributed by atoms with van der Waals surface area (Å²) >= 11 is 0. The minimum atomic E-state index is -4.97. The average molecular weight is 243 g/mol. The van der Waals surface area contributed by atoms with Gasteiger partial charge in [-0.15, -0.1) is 13.2 Å². The Bertz CT molecular complexity index is 468. The zero-order valence-electron chi connectivity index (χ0n) is 8.57. The summed E-state index contributed by atoms with van der Waals surface area (Å²) in [5, 5.41) is 0. The van der Waals surface area contributed by atoms with Crippen LogP contribution in [0.5, 0.6) is 0 Å². The third-order valence-corrected chi connectivity index (χ3v) is 2.24. The molecule has 0 radical (unpaired) electrons. The standard InChI is InChI=1S/C11H8F3NO2/c12-11(13,14)17-10(16)15-7-3-5-8-4-1-2-6-9(8)15/h1-4,6-7H,5H2. The molecule has 0 fully saturated rings. The number of alkyl halides is 3. The fourth-order valence-electron chi connectivity index (χ4n) is 1.59. The maximum Gasteiger partial charge on any atom is 0.576 e. The smallest absolute Gasteiger partial charge is 0.355 e. The normalized spacial score (nSPS) is 14.4. The molecule has 0 N–H and O–H groups in total. The number of rotatable bonds is 0. The summed E-state index contributed by atoms with van der Waals surface area (Å²) in [4.78, 5) is 12.1. The third-order valence-electron chi connectivity index (χ3n) is 2.24. The summed E-state index contributed by atoms with van der Waals surface area (Å²) in [6.45, 7) is 0. The van der Waals surface area contributed by atoms with Crippen molar-refractivity contribution in [1.82, 2.24) is 0 Å². The van der Waals surface area contributed by atoms with Gasteiger partial charge in [0.1, 0.15) is 0 Å². The first-order valence-electron chi connectivity index (χ1n) is 4.81. The van der Waals surface area contributed by atoms with E-state index in [9.17, 15) is 18.0 Å². The number of ether oxygens (including phenoxy) is 1. The number of benzene rings is 1. The second kappa shape index (κ2) is 4.12. The van der Waals surface area contributed by atoms with Crippen molar-refractivity contribution in [3.63, 3.8) is 0 Å². The van der Waals surface area contributed by atoms with E-state index < -0.39 is 12.5 Å². The van der Waals surface area contributed by atoms with Gasteiger partial charge < -0.3 is 4.74 Å². The van der Waals surface area contributed by atoms with Crippen LogP contribution in [-0.4, -0.2) is 12.5 Å². The van der Waals surface area contributed by atoms with Crippen molar-refractivity contribution >= 4 is 11.8 Å².